The summed E-state index contributed by atoms with van der Waals surface area (Å²) < 4.78 is 6.15. The molecule has 0 saturated heterocycles. The van der Waals surface area contributed by atoms with Crippen molar-refractivity contribution in [3.63, 3.8) is 0 Å². The highest BCUT2D eigenvalue weighted by atomic mass is 32.1. The minimum Gasteiger partial charge on any atom is -0.456 e. The van der Waals surface area contributed by atoms with Crippen molar-refractivity contribution in [1.29, 1.82) is 0 Å². The zero-order chi connectivity index (χ0) is 20.7. The Morgan fingerprint density at radius 1 is 1.21 bits per heavy atom. The molecule has 1 aromatic heterocycles. The monoisotopic (exact) mass is 405 g/mol. The number of nitrogens with one attached hydrogen (secondary N) is 1. The summed E-state index contributed by atoms with van der Waals surface area (Å²) in [6.45, 7) is 5.15. The summed E-state index contributed by atoms with van der Waals surface area (Å²) in [5.74, 6) is -1.10. The summed E-state index contributed by atoms with van der Waals surface area (Å²) >= 11 is 1.62. The molecule has 152 valence electrons. The smallest absolute Gasteiger partial charge is 0.306 e. The van der Waals surface area contributed by atoms with E-state index in [1.54, 1.807) is 11.3 Å². The van der Waals surface area contributed by atoms with Gasteiger partial charge in [-0.25, -0.2) is 4.98 Å². The molecule has 0 aliphatic rings. The van der Waals surface area contributed by atoms with Crippen molar-refractivity contribution >= 4 is 39.3 Å². The number of rotatable bonds is 8. The van der Waals surface area contributed by atoms with E-state index in [1.165, 1.54) is 11.9 Å². The lowest BCUT2D eigenvalue weighted by Gasteiger charge is -2.23. The second-order valence-electron chi connectivity index (χ2n) is 7.64. The second-order valence-corrected chi connectivity index (χ2v) is 8.75. The van der Waals surface area contributed by atoms with E-state index in [9.17, 15) is 14.4 Å². The summed E-state index contributed by atoms with van der Waals surface area (Å²) in [5.41, 5.74) is 0.602. The molecule has 0 atom stereocenters. The molecule has 1 N–H and O–H groups in total. The van der Waals surface area contributed by atoms with Crippen LogP contribution >= 0.6 is 11.3 Å². The van der Waals surface area contributed by atoms with Crippen LogP contribution in [0.25, 0.3) is 10.2 Å². The summed E-state index contributed by atoms with van der Waals surface area (Å²) in [6.07, 6.45) is 1.52. The van der Waals surface area contributed by atoms with E-state index in [0.717, 1.165) is 15.2 Å². The normalized spacial score (nSPS) is 11.3. The summed E-state index contributed by atoms with van der Waals surface area (Å²) in [6, 6.07) is 7.91. The van der Waals surface area contributed by atoms with Crippen LogP contribution in [0.1, 0.15) is 38.6 Å². The molecule has 0 fully saturated rings. The molecule has 28 heavy (non-hydrogen) atoms. The third-order valence-corrected chi connectivity index (χ3v) is 4.88. The number of benzene rings is 1. The van der Waals surface area contributed by atoms with E-state index < -0.39 is 11.9 Å². The highest BCUT2D eigenvalue weighted by Crippen LogP contribution is 2.22. The van der Waals surface area contributed by atoms with Crippen LogP contribution in [0.3, 0.4) is 0 Å². The predicted molar refractivity (Wildman–Crippen MR) is 109 cm³/mol. The number of likely N-dealkylation sites (N-methyl/N-ethyl adjacent to an activating group) is 1. The maximum atomic E-state index is 12.0. The van der Waals surface area contributed by atoms with Gasteiger partial charge in [-0.05, 0) is 45.7 Å². The van der Waals surface area contributed by atoms with Crippen molar-refractivity contribution in [2.45, 2.75) is 45.6 Å². The van der Waals surface area contributed by atoms with Crippen molar-refractivity contribution in [2.24, 2.45) is 0 Å². The van der Waals surface area contributed by atoms with Gasteiger partial charge < -0.3 is 15.0 Å². The molecule has 7 nitrogen and oxygen atoms in total. The fourth-order valence-corrected chi connectivity index (χ4v) is 3.51. The standard InChI is InChI=1S/C20H27N3O4S/c1-20(2,3)22-16(24)12-23(4)18(25)13-27-19(26)11-7-10-17-21-14-8-5-6-9-15(14)28-17/h5-6,8-9H,7,10-13H2,1-4H3,(H,22,24). The Morgan fingerprint density at radius 3 is 2.61 bits per heavy atom. The van der Waals surface area contributed by atoms with Gasteiger partial charge in [0.15, 0.2) is 6.61 Å². The summed E-state index contributed by atoms with van der Waals surface area (Å²) in [7, 11) is 1.51. The maximum Gasteiger partial charge on any atom is 0.306 e. The van der Waals surface area contributed by atoms with Crippen LogP contribution < -0.4 is 5.32 Å². The van der Waals surface area contributed by atoms with Gasteiger partial charge in [-0.15, -0.1) is 11.3 Å². The fraction of sp³-hybridized carbons (Fsp3) is 0.500. The summed E-state index contributed by atoms with van der Waals surface area (Å²) in [4.78, 5) is 41.5. The van der Waals surface area contributed by atoms with Crippen LogP contribution in [0.5, 0.6) is 0 Å². The van der Waals surface area contributed by atoms with E-state index >= 15 is 0 Å². The zero-order valence-electron chi connectivity index (χ0n) is 16.8. The lowest BCUT2D eigenvalue weighted by molar-refractivity contribution is -0.152. The van der Waals surface area contributed by atoms with Gasteiger partial charge >= 0.3 is 5.97 Å². The number of thiazole rings is 1. The Bertz CT molecular complexity index is 808. The number of carbonyl (C=O) groups is 3. The van der Waals surface area contributed by atoms with Gasteiger partial charge in [0.05, 0.1) is 21.8 Å². The van der Waals surface area contributed by atoms with Crippen molar-refractivity contribution in [1.82, 2.24) is 15.2 Å². The summed E-state index contributed by atoms with van der Waals surface area (Å²) in [5, 5.41) is 3.76. The molecule has 8 heteroatoms. The van der Waals surface area contributed by atoms with Gasteiger partial charge in [-0.2, -0.15) is 0 Å². The number of fused-ring (bicyclic) bond motifs is 1. The Kier molecular flexibility index (Phi) is 7.51. The van der Waals surface area contributed by atoms with Crippen molar-refractivity contribution in [3.8, 4) is 0 Å². The van der Waals surface area contributed by atoms with E-state index in [-0.39, 0.29) is 31.0 Å². The quantitative estimate of drug-likeness (QED) is 0.682. The van der Waals surface area contributed by atoms with E-state index in [2.05, 4.69) is 10.3 Å². The van der Waals surface area contributed by atoms with Crippen LogP contribution in [0, 0.1) is 0 Å². The molecule has 1 aromatic carbocycles. The Hall–Kier alpha value is -2.48. The van der Waals surface area contributed by atoms with Crippen molar-refractivity contribution in [3.05, 3.63) is 29.3 Å². The SMILES string of the molecule is CN(CC(=O)NC(C)(C)C)C(=O)COC(=O)CCCc1nc2ccccc2s1. The van der Waals surface area contributed by atoms with Gasteiger partial charge in [0, 0.05) is 19.0 Å². The number of hydrogen-bond acceptors (Lipinski definition) is 6. The minimum atomic E-state index is -0.429. The number of nitrogens with zero attached hydrogens (tertiary/aromatic N) is 2. The number of para-hydroxylation sites is 1. The molecule has 0 unspecified atom stereocenters. The molecule has 0 radical (unpaired) electrons. The largest absolute Gasteiger partial charge is 0.456 e. The van der Waals surface area contributed by atoms with Crippen LogP contribution in [-0.2, 0) is 25.5 Å². The van der Waals surface area contributed by atoms with E-state index in [1.807, 2.05) is 45.0 Å². The average molecular weight is 406 g/mol. The van der Waals surface area contributed by atoms with Crippen LogP contribution in [-0.4, -0.2) is 53.4 Å². The molecular weight excluding hydrogens is 378 g/mol. The number of amides is 2. The molecule has 0 saturated carbocycles. The highest BCUT2D eigenvalue weighted by molar-refractivity contribution is 7.18. The van der Waals surface area contributed by atoms with Gasteiger partial charge in [0.25, 0.3) is 5.91 Å². The maximum absolute atomic E-state index is 12.0. The molecule has 0 bridgehead atoms. The number of carbonyl (C=O) groups excluding carboxylic acids is 3. The zero-order valence-corrected chi connectivity index (χ0v) is 17.6. The first-order valence-electron chi connectivity index (χ1n) is 9.19. The van der Waals surface area contributed by atoms with Crippen molar-refractivity contribution < 1.29 is 19.1 Å². The first kappa shape index (κ1) is 21.8. The third-order valence-electron chi connectivity index (χ3n) is 3.79. The Balaban J connectivity index is 1.67. The Morgan fingerprint density at radius 2 is 1.93 bits per heavy atom. The van der Waals surface area contributed by atoms with Crippen molar-refractivity contribution in [2.75, 3.05) is 20.2 Å². The van der Waals surface area contributed by atoms with Gasteiger partial charge in [0.2, 0.25) is 5.91 Å². The molecule has 2 amide bonds. The number of ether oxygens (including phenoxy) is 1. The Labute approximate surface area is 169 Å². The topological polar surface area (TPSA) is 88.6 Å². The van der Waals surface area contributed by atoms with Gasteiger partial charge in [-0.3, -0.25) is 14.4 Å². The number of esters is 1. The average Bonchev–Trinajstić information content (AvgIpc) is 3.00. The molecule has 0 aliphatic heterocycles. The fourth-order valence-electron chi connectivity index (χ4n) is 2.50. The highest BCUT2D eigenvalue weighted by Gasteiger charge is 2.18. The number of aryl methyl sites for hydroxylation is 1. The van der Waals surface area contributed by atoms with Gasteiger partial charge in [-0.1, -0.05) is 12.1 Å². The lowest BCUT2D eigenvalue weighted by Crippen LogP contribution is -2.46. The molecule has 0 aliphatic carbocycles. The van der Waals surface area contributed by atoms with Crippen LogP contribution in [0.15, 0.2) is 24.3 Å². The third kappa shape index (κ3) is 7.26. The van der Waals surface area contributed by atoms with Gasteiger partial charge in [0.1, 0.15) is 0 Å². The lowest BCUT2D eigenvalue weighted by atomic mass is 10.1. The molecule has 1 heterocycles. The van der Waals surface area contributed by atoms with E-state index in [0.29, 0.717) is 12.8 Å². The molecule has 2 rings (SSSR count). The van der Waals surface area contributed by atoms with E-state index in [4.69, 9.17) is 4.74 Å². The first-order valence-corrected chi connectivity index (χ1v) is 10.0. The molecule has 0 spiro atoms. The first-order chi connectivity index (χ1) is 13.1. The van der Waals surface area contributed by atoms with Crippen LogP contribution in [0.4, 0.5) is 0 Å². The van der Waals surface area contributed by atoms with Crippen LogP contribution in [0.2, 0.25) is 0 Å². The number of hydrogen-bond donors (Lipinski definition) is 1. The molecule has 2 aromatic rings. The molecular formula is C20H27N3O4S. The minimum absolute atomic E-state index is 0.0781. The predicted octanol–water partition coefficient (Wildman–Crippen LogP) is 2.54. The second kappa shape index (κ2) is 9.64. The number of aromatic nitrogens is 1.